The molecule has 0 amide bonds. The zero-order valence-electron chi connectivity index (χ0n) is 11.5. The molecule has 0 spiro atoms. The molecule has 0 aliphatic rings. The fourth-order valence-electron chi connectivity index (χ4n) is 1.37. The van der Waals surface area contributed by atoms with Gasteiger partial charge >= 0.3 is 0 Å². The van der Waals surface area contributed by atoms with E-state index in [-0.39, 0.29) is 0 Å². The van der Waals surface area contributed by atoms with Crippen LogP contribution in [0.4, 0.5) is 0 Å². The van der Waals surface area contributed by atoms with Crippen LogP contribution in [0.1, 0.15) is 52.4 Å². The Kier molecular flexibility index (Phi) is 12.1. The highest BCUT2D eigenvalue weighted by molar-refractivity contribution is 5.78. The molecule has 96 valence electrons. The Labute approximate surface area is 111 Å². The smallest absolute Gasteiger partial charge is 0.132 e. The van der Waals surface area contributed by atoms with Gasteiger partial charge in [-0.2, -0.15) is 0 Å². The van der Waals surface area contributed by atoms with Crippen LogP contribution >= 0.6 is 0 Å². The molecule has 0 fully saturated rings. The number of carbonyl (C=O) groups is 1. The minimum Gasteiger partial charge on any atom is -0.300 e. The van der Waals surface area contributed by atoms with Crippen LogP contribution in [-0.2, 0) is 4.79 Å². The summed E-state index contributed by atoms with van der Waals surface area (Å²) in [6.45, 7) is 3.96. The SMILES string of the molecule is C/C=C/C#CC#C/C=C/CCCCC(=O)CCC. The number of Topliss-reactive ketones (excluding diaryl/α,β-unsaturated/α-hetero) is 1. The summed E-state index contributed by atoms with van der Waals surface area (Å²) in [4.78, 5) is 11.2. The van der Waals surface area contributed by atoms with Crippen LogP contribution in [0.2, 0.25) is 0 Å². The summed E-state index contributed by atoms with van der Waals surface area (Å²) in [5, 5.41) is 0. The van der Waals surface area contributed by atoms with Gasteiger partial charge in [0.05, 0.1) is 0 Å². The standard InChI is InChI=1S/C17H22O/c1-3-5-6-7-8-9-10-11-12-13-14-16-17(18)15-4-2/h3,5,10-11H,4,12-16H2,1-2H3/b5-3+,11-10+. The number of hydrogen-bond donors (Lipinski definition) is 0. The molecule has 0 aromatic carbocycles. The maximum atomic E-state index is 11.2. The highest BCUT2D eigenvalue weighted by atomic mass is 16.1. The van der Waals surface area contributed by atoms with Gasteiger partial charge in [0.1, 0.15) is 5.78 Å². The van der Waals surface area contributed by atoms with Crippen LogP contribution in [0.25, 0.3) is 0 Å². The Bertz CT molecular complexity index is 391. The van der Waals surface area contributed by atoms with Crippen LogP contribution in [0.5, 0.6) is 0 Å². The Morgan fingerprint density at radius 3 is 2.44 bits per heavy atom. The lowest BCUT2D eigenvalue weighted by Crippen LogP contribution is -1.95. The average molecular weight is 242 g/mol. The molecule has 0 aromatic heterocycles. The third-order valence-electron chi connectivity index (χ3n) is 2.26. The second-order valence-corrected chi connectivity index (χ2v) is 3.98. The van der Waals surface area contributed by atoms with E-state index in [1.54, 1.807) is 6.08 Å². The number of hydrogen-bond acceptors (Lipinski definition) is 1. The first-order valence-electron chi connectivity index (χ1n) is 6.60. The Hall–Kier alpha value is -1.73. The predicted molar refractivity (Wildman–Crippen MR) is 77.9 cm³/mol. The molecule has 1 nitrogen and oxygen atoms in total. The van der Waals surface area contributed by atoms with Crippen molar-refractivity contribution >= 4 is 5.78 Å². The van der Waals surface area contributed by atoms with E-state index >= 15 is 0 Å². The van der Waals surface area contributed by atoms with Gasteiger partial charge in [-0.1, -0.05) is 30.9 Å². The van der Waals surface area contributed by atoms with Crippen molar-refractivity contribution < 1.29 is 4.79 Å². The van der Waals surface area contributed by atoms with E-state index in [9.17, 15) is 4.79 Å². The summed E-state index contributed by atoms with van der Waals surface area (Å²) < 4.78 is 0. The van der Waals surface area contributed by atoms with Crippen molar-refractivity contribution in [3.8, 4) is 23.7 Å². The topological polar surface area (TPSA) is 17.1 Å². The third kappa shape index (κ3) is 12.3. The summed E-state index contributed by atoms with van der Waals surface area (Å²) in [6.07, 6.45) is 13.0. The molecule has 18 heavy (non-hydrogen) atoms. The van der Waals surface area contributed by atoms with Crippen LogP contribution in [0.3, 0.4) is 0 Å². The highest BCUT2D eigenvalue weighted by Crippen LogP contribution is 2.04. The maximum Gasteiger partial charge on any atom is 0.132 e. The van der Waals surface area contributed by atoms with Gasteiger partial charge in [-0.15, -0.1) is 0 Å². The van der Waals surface area contributed by atoms with Gasteiger partial charge in [0.25, 0.3) is 0 Å². The van der Waals surface area contributed by atoms with E-state index in [2.05, 4.69) is 23.7 Å². The minimum absolute atomic E-state index is 0.389. The summed E-state index contributed by atoms with van der Waals surface area (Å²) in [7, 11) is 0. The summed E-state index contributed by atoms with van der Waals surface area (Å²) in [6, 6.07) is 0. The number of carbonyl (C=O) groups excluding carboxylic acids is 1. The van der Waals surface area contributed by atoms with Gasteiger partial charge in [0.2, 0.25) is 0 Å². The second-order valence-electron chi connectivity index (χ2n) is 3.98. The van der Waals surface area contributed by atoms with Gasteiger partial charge in [0, 0.05) is 12.8 Å². The second kappa shape index (κ2) is 13.3. The summed E-state index contributed by atoms with van der Waals surface area (Å²) in [5.41, 5.74) is 0. The first kappa shape index (κ1) is 16.3. The molecular weight excluding hydrogens is 220 g/mol. The van der Waals surface area contributed by atoms with E-state index in [0.717, 1.165) is 38.5 Å². The average Bonchev–Trinajstić information content (AvgIpc) is 2.36. The zero-order chi connectivity index (χ0) is 13.5. The third-order valence-corrected chi connectivity index (χ3v) is 2.26. The summed E-state index contributed by atoms with van der Waals surface area (Å²) in [5.74, 6) is 11.5. The molecule has 0 N–H and O–H groups in total. The Balaban J connectivity index is 3.55. The molecule has 0 bridgehead atoms. The van der Waals surface area contributed by atoms with E-state index < -0.39 is 0 Å². The van der Waals surface area contributed by atoms with E-state index in [1.165, 1.54) is 0 Å². The maximum absolute atomic E-state index is 11.2. The van der Waals surface area contributed by atoms with Gasteiger partial charge in [-0.05, 0) is 56.6 Å². The van der Waals surface area contributed by atoms with Crippen molar-refractivity contribution in [2.45, 2.75) is 52.4 Å². The molecule has 0 aliphatic carbocycles. The quantitative estimate of drug-likeness (QED) is 0.486. The van der Waals surface area contributed by atoms with E-state index in [1.807, 2.05) is 32.1 Å². The molecule has 1 heteroatoms. The van der Waals surface area contributed by atoms with Gasteiger partial charge in [0.15, 0.2) is 0 Å². The van der Waals surface area contributed by atoms with Crippen LogP contribution in [0, 0.1) is 23.7 Å². The molecule has 0 radical (unpaired) electrons. The van der Waals surface area contributed by atoms with Crippen LogP contribution in [-0.4, -0.2) is 5.78 Å². The number of allylic oxidation sites excluding steroid dienone is 4. The van der Waals surface area contributed by atoms with Gasteiger partial charge < -0.3 is 0 Å². The fourth-order valence-corrected chi connectivity index (χ4v) is 1.37. The minimum atomic E-state index is 0.389. The van der Waals surface area contributed by atoms with Crippen molar-refractivity contribution in [1.82, 2.24) is 0 Å². The Morgan fingerprint density at radius 2 is 1.78 bits per heavy atom. The molecular formula is C17H22O. The fraction of sp³-hybridized carbons (Fsp3) is 0.471. The van der Waals surface area contributed by atoms with Gasteiger partial charge in [-0.25, -0.2) is 0 Å². The Morgan fingerprint density at radius 1 is 1.06 bits per heavy atom. The molecule has 0 aromatic rings. The van der Waals surface area contributed by atoms with E-state index in [0.29, 0.717) is 5.78 Å². The van der Waals surface area contributed by atoms with Crippen molar-refractivity contribution in [3.63, 3.8) is 0 Å². The summed E-state index contributed by atoms with van der Waals surface area (Å²) >= 11 is 0. The first-order valence-corrected chi connectivity index (χ1v) is 6.60. The normalized spacial score (nSPS) is 9.89. The van der Waals surface area contributed by atoms with Gasteiger partial charge in [-0.3, -0.25) is 4.79 Å². The zero-order valence-corrected chi connectivity index (χ0v) is 11.5. The van der Waals surface area contributed by atoms with Crippen LogP contribution in [0.15, 0.2) is 24.3 Å². The molecule has 0 saturated carbocycles. The molecule has 0 rings (SSSR count). The number of rotatable bonds is 7. The lowest BCUT2D eigenvalue weighted by molar-refractivity contribution is -0.119. The molecule has 0 unspecified atom stereocenters. The van der Waals surface area contributed by atoms with Crippen molar-refractivity contribution in [2.75, 3.05) is 0 Å². The molecule has 0 atom stereocenters. The predicted octanol–water partition coefficient (Wildman–Crippen LogP) is 4.06. The highest BCUT2D eigenvalue weighted by Gasteiger charge is 1.98. The first-order chi connectivity index (χ1) is 8.81. The lowest BCUT2D eigenvalue weighted by Gasteiger charge is -1.96. The number of unbranched alkanes of at least 4 members (excludes halogenated alkanes) is 2. The van der Waals surface area contributed by atoms with Crippen LogP contribution < -0.4 is 0 Å². The molecule has 0 aliphatic heterocycles. The van der Waals surface area contributed by atoms with E-state index in [4.69, 9.17) is 0 Å². The molecule has 0 heterocycles. The lowest BCUT2D eigenvalue weighted by atomic mass is 10.1. The largest absolute Gasteiger partial charge is 0.300 e. The number of ketones is 1. The van der Waals surface area contributed by atoms with Crippen molar-refractivity contribution in [1.29, 1.82) is 0 Å². The van der Waals surface area contributed by atoms with Crippen molar-refractivity contribution in [2.24, 2.45) is 0 Å². The molecule has 0 saturated heterocycles. The van der Waals surface area contributed by atoms with Crippen molar-refractivity contribution in [3.05, 3.63) is 24.3 Å². The monoisotopic (exact) mass is 242 g/mol.